The van der Waals surface area contributed by atoms with Crippen LogP contribution in [0.5, 0.6) is 0 Å². The molecule has 3 nitrogen and oxygen atoms in total. The number of rotatable bonds is 0. The van der Waals surface area contributed by atoms with Crippen molar-refractivity contribution in [2.24, 2.45) is 5.92 Å². The summed E-state index contributed by atoms with van der Waals surface area (Å²) < 4.78 is 5.31. The van der Waals surface area contributed by atoms with Gasteiger partial charge in [0.05, 0.1) is 12.7 Å². The summed E-state index contributed by atoms with van der Waals surface area (Å²) in [6.07, 6.45) is 1.80. The van der Waals surface area contributed by atoms with Crippen molar-refractivity contribution in [2.45, 2.75) is 25.0 Å². The maximum absolute atomic E-state index is 9.58. The lowest BCUT2D eigenvalue weighted by Crippen LogP contribution is -2.53. The van der Waals surface area contributed by atoms with Gasteiger partial charge >= 0.3 is 0 Å². The summed E-state index contributed by atoms with van der Waals surface area (Å²) in [5, 5.41) is 13.0. The minimum atomic E-state index is -0.137. The lowest BCUT2D eigenvalue weighted by molar-refractivity contribution is -0.0465. The Labute approximate surface area is 66.7 Å². The van der Waals surface area contributed by atoms with E-state index in [1.807, 2.05) is 0 Å². The number of hydrogen-bond donors (Lipinski definition) is 2. The summed E-state index contributed by atoms with van der Waals surface area (Å²) in [6, 6.07) is 0.507. The molecule has 3 atom stereocenters. The predicted octanol–water partition coefficient (Wildman–Crippen LogP) is -0.254. The number of fused-ring (bicyclic) bond motifs is 1. The molecule has 0 radical (unpaired) electrons. The van der Waals surface area contributed by atoms with Gasteiger partial charge in [-0.2, -0.15) is 0 Å². The molecule has 2 heterocycles. The first-order chi connectivity index (χ1) is 5.38. The molecule has 3 unspecified atom stereocenters. The third-order valence-electron chi connectivity index (χ3n) is 2.74. The number of hydrogen-bond acceptors (Lipinski definition) is 3. The summed E-state index contributed by atoms with van der Waals surface area (Å²) in [5.41, 5.74) is 0. The molecule has 0 saturated carbocycles. The number of ether oxygens (including phenoxy) is 1. The highest BCUT2D eigenvalue weighted by molar-refractivity contribution is 4.88. The molecule has 0 aromatic rings. The summed E-state index contributed by atoms with van der Waals surface area (Å²) >= 11 is 0. The van der Waals surface area contributed by atoms with Crippen LogP contribution in [0.3, 0.4) is 0 Å². The van der Waals surface area contributed by atoms with Crippen molar-refractivity contribution in [3.8, 4) is 0 Å². The molecule has 0 aliphatic carbocycles. The van der Waals surface area contributed by atoms with Crippen LogP contribution in [0.2, 0.25) is 0 Å². The molecule has 2 fully saturated rings. The van der Waals surface area contributed by atoms with Crippen LogP contribution >= 0.6 is 0 Å². The molecule has 2 aliphatic rings. The quantitative estimate of drug-likeness (QED) is 0.509. The number of aliphatic hydroxyl groups is 1. The summed E-state index contributed by atoms with van der Waals surface area (Å²) in [6.45, 7) is 2.54. The molecule has 2 aliphatic heterocycles. The normalized spacial score (nSPS) is 45.0. The first kappa shape index (κ1) is 7.53. The standard InChI is InChI=1S/C8H15NO2/c10-8-1-3-9-7-2-4-11-5-6(7)8/h6-10H,1-5H2. The lowest BCUT2D eigenvalue weighted by Gasteiger charge is -2.39. The van der Waals surface area contributed by atoms with E-state index in [1.54, 1.807) is 0 Å². The average Bonchev–Trinajstić information content (AvgIpc) is 2.06. The smallest absolute Gasteiger partial charge is 0.0617 e. The van der Waals surface area contributed by atoms with E-state index in [-0.39, 0.29) is 6.10 Å². The molecular formula is C8H15NO2. The van der Waals surface area contributed by atoms with Gasteiger partial charge in [-0.3, -0.25) is 0 Å². The second-order valence-corrected chi connectivity index (χ2v) is 3.44. The Morgan fingerprint density at radius 1 is 1.36 bits per heavy atom. The minimum Gasteiger partial charge on any atom is -0.393 e. The van der Waals surface area contributed by atoms with Crippen LogP contribution in [0.25, 0.3) is 0 Å². The van der Waals surface area contributed by atoms with Gasteiger partial charge in [0, 0.05) is 18.6 Å². The Bertz CT molecular complexity index is 138. The third-order valence-corrected chi connectivity index (χ3v) is 2.74. The highest BCUT2D eigenvalue weighted by atomic mass is 16.5. The Balaban J connectivity index is 1.99. The summed E-state index contributed by atoms with van der Waals surface area (Å²) in [5.74, 6) is 0.345. The van der Waals surface area contributed by atoms with Crippen molar-refractivity contribution in [3.63, 3.8) is 0 Å². The van der Waals surface area contributed by atoms with Gasteiger partial charge in [-0.1, -0.05) is 0 Å². The summed E-state index contributed by atoms with van der Waals surface area (Å²) in [7, 11) is 0. The van der Waals surface area contributed by atoms with Gasteiger partial charge in [0.1, 0.15) is 0 Å². The first-order valence-electron chi connectivity index (χ1n) is 4.37. The van der Waals surface area contributed by atoms with Crippen LogP contribution in [0.15, 0.2) is 0 Å². The molecular weight excluding hydrogens is 142 g/mol. The van der Waals surface area contributed by atoms with E-state index in [2.05, 4.69) is 5.32 Å². The van der Waals surface area contributed by atoms with Gasteiger partial charge in [-0.15, -0.1) is 0 Å². The van der Waals surface area contributed by atoms with Crippen molar-refractivity contribution in [1.82, 2.24) is 5.32 Å². The molecule has 2 saturated heterocycles. The molecule has 2 rings (SSSR count). The van der Waals surface area contributed by atoms with E-state index in [1.165, 1.54) is 0 Å². The number of aliphatic hydroxyl groups excluding tert-OH is 1. The van der Waals surface area contributed by atoms with E-state index in [0.717, 1.165) is 32.6 Å². The van der Waals surface area contributed by atoms with Gasteiger partial charge in [-0.25, -0.2) is 0 Å². The molecule has 3 heteroatoms. The van der Waals surface area contributed by atoms with E-state index < -0.39 is 0 Å². The van der Waals surface area contributed by atoms with E-state index in [0.29, 0.717) is 12.0 Å². The van der Waals surface area contributed by atoms with Crippen LogP contribution < -0.4 is 5.32 Å². The van der Waals surface area contributed by atoms with Gasteiger partial charge in [0.15, 0.2) is 0 Å². The van der Waals surface area contributed by atoms with Crippen molar-refractivity contribution in [2.75, 3.05) is 19.8 Å². The van der Waals surface area contributed by atoms with Crippen LogP contribution in [-0.2, 0) is 4.74 Å². The lowest BCUT2D eigenvalue weighted by atomic mass is 9.86. The summed E-state index contributed by atoms with van der Waals surface area (Å²) in [4.78, 5) is 0. The zero-order chi connectivity index (χ0) is 7.68. The van der Waals surface area contributed by atoms with Crippen LogP contribution in [0.1, 0.15) is 12.8 Å². The average molecular weight is 157 g/mol. The Morgan fingerprint density at radius 2 is 2.27 bits per heavy atom. The topological polar surface area (TPSA) is 41.5 Å². The molecule has 0 aromatic heterocycles. The first-order valence-corrected chi connectivity index (χ1v) is 4.37. The maximum atomic E-state index is 9.58. The third kappa shape index (κ3) is 1.41. The molecule has 0 spiro atoms. The zero-order valence-corrected chi connectivity index (χ0v) is 6.62. The highest BCUT2D eigenvalue weighted by Crippen LogP contribution is 2.23. The van der Waals surface area contributed by atoms with Gasteiger partial charge < -0.3 is 15.2 Å². The minimum absolute atomic E-state index is 0.137. The largest absolute Gasteiger partial charge is 0.393 e. The highest BCUT2D eigenvalue weighted by Gasteiger charge is 2.33. The van der Waals surface area contributed by atoms with Gasteiger partial charge in [0.25, 0.3) is 0 Å². The fourth-order valence-electron chi connectivity index (χ4n) is 2.02. The van der Waals surface area contributed by atoms with Crippen LogP contribution in [-0.4, -0.2) is 37.0 Å². The van der Waals surface area contributed by atoms with Crippen molar-refractivity contribution in [3.05, 3.63) is 0 Å². The monoisotopic (exact) mass is 157 g/mol. The van der Waals surface area contributed by atoms with Gasteiger partial charge in [-0.05, 0) is 19.4 Å². The van der Waals surface area contributed by atoms with Crippen LogP contribution in [0, 0.1) is 5.92 Å². The maximum Gasteiger partial charge on any atom is 0.0617 e. The Morgan fingerprint density at radius 3 is 3.09 bits per heavy atom. The molecule has 0 bridgehead atoms. The van der Waals surface area contributed by atoms with Gasteiger partial charge in [0.2, 0.25) is 0 Å². The molecule has 0 aromatic carbocycles. The molecule has 0 amide bonds. The van der Waals surface area contributed by atoms with Crippen molar-refractivity contribution < 1.29 is 9.84 Å². The van der Waals surface area contributed by atoms with Crippen LogP contribution in [0.4, 0.5) is 0 Å². The van der Waals surface area contributed by atoms with Crippen molar-refractivity contribution >= 4 is 0 Å². The zero-order valence-electron chi connectivity index (χ0n) is 6.62. The number of nitrogens with one attached hydrogen (secondary N) is 1. The van der Waals surface area contributed by atoms with E-state index in [9.17, 15) is 5.11 Å². The fraction of sp³-hybridized carbons (Fsp3) is 1.00. The van der Waals surface area contributed by atoms with E-state index >= 15 is 0 Å². The molecule has 2 N–H and O–H groups in total. The Hall–Kier alpha value is -0.120. The second kappa shape index (κ2) is 3.09. The molecule has 11 heavy (non-hydrogen) atoms. The van der Waals surface area contributed by atoms with Crippen molar-refractivity contribution in [1.29, 1.82) is 0 Å². The molecule has 64 valence electrons. The predicted molar refractivity (Wildman–Crippen MR) is 41.3 cm³/mol. The fourth-order valence-corrected chi connectivity index (χ4v) is 2.02. The number of piperidine rings is 1. The Kier molecular flexibility index (Phi) is 2.11. The SMILES string of the molecule is OC1CCNC2CCOCC12. The van der Waals surface area contributed by atoms with E-state index in [4.69, 9.17) is 4.74 Å². The second-order valence-electron chi connectivity index (χ2n) is 3.44.